The molecule has 1 N–H and O–H groups in total. The highest BCUT2D eigenvalue weighted by molar-refractivity contribution is 5.35. The molecule has 1 saturated carbocycles. The second-order valence-electron chi connectivity index (χ2n) is 6.00. The van der Waals surface area contributed by atoms with Crippen LogP contribution in [0.5, 0.6) is 0 Å². The van der Waals surface area contributed by atoms with Crippen molar-refractivity contribution in [2.45, 2.75) is 52.1 Å². The van der Waals surface area contributed by atoms with Crippen LogP contribution in [-0.4, -0.2) is 11.0 Å². The average Bonchev–Trinajstić information content (AvgIpc) is 2.76. The molecule has 110 valence electrons. The summed E-state index contributed by atoms with van der Waals surface area (Å²) in [7, 11) is 0. The van der Waals surface area contributed by atoms with Crippen molar-refractivity contribution in [1.82, 2.24) is 5.32 Å². The van der Waals surface area contributed by atoms with Crippen LogP contribution >= 0.6 is 0 Å². The molecule has 2 rings (SSSR count). The van der Waals surface area contributed by atoms with Crippen molar-refractivity contribution in [3.63, 3.8) is 0 Å². The van der Waals surface area contributed by atoms with Crippen LogP contribution in [-0.2, 0) is 0 Å². The van der Waals surface area contributed by atoms with Gasteiger partial charge in [0, 0.05) is 24.2 Å². The quantitative estimate of drug-likeness (QED) is 0.651. The van der Waals surface area contributed by atoms with E-state index < -0.39 is 0 Å². The van der Waals surface area contributed by atoms with Gasteiger partial charge in [-0.1, -0.05) is 32.9 Å². The van der Waals surface area contributed by atoms with Gasteiger partial charge >= 0.3 is 0 Å². The van der Waals surface area contributed by atoms with Gasteiger partial charge in [0.15, 0.2) is 0 Å². The van der Waals surface area contributed by atoms with Gasteiger partial charge < -0.3 is 5.32 Å². The van der Waals surface area contributed by atoms with Crippen LogP contribution in [0.2, 0.25) is 0 Å². The van der Waals surface area contributed by atoms with Crippen LogP contribution in [0.4, 0.5) is 5.69 Å². The molecule has 4 nitrogen and oxygen atoms in total. The number of benzene rings is 1. The van der Waals surface area contributed by atoms with Crippen LogP contribution in [0, 0.1) is 22.0 Å². The normalized spacial score (nSPS) is 27.4. The Balaban J connectivity index is 2.12. The van der Waals surface area contributed by atoms with E-state index in [4.69, 9.17) is 0 Å². The summed E-state index contributed by atoms with van der Waals surface area (Å²) < 4.78 is 0. The highest BCUT2D eigenvalue weighted by atomic mass is 16.6. The Morgan fingerprint density at radius 1 is 1.40 bits per heavy atom. The number of hydrogen-bond acceptors (Lipinski definition) is 3. The maximum atomic E-state index is 10.9. The predicted molar refractivity (Wildman–Crippen MR) is 80.6 cm³/mol. The van der Waals surface area contributed by atoms with Crippen LogP contribution in [0.15, 0.2) is 24.3 Å². The highest BCUT2D eigenvalue weighted by Crippen LogP contribution is 2.33. The van der Waals surface area contributed by atoms with Gasteiger partial charge in [-0.3, -0.25) is 10.1 Å². The number of nitro groups is 1. The van der Waals surface area contributed by atoms with Crippen molar-refractivity contribution in [3.8, 4) is 0 Å². The molecule has 4 atom stereocenters. The Bertz CT molecular complexity index is 475. The molecule has 1 fully saturated rings. The van der Waals surface area contributed by atoms with E-state index >= 15 is 0 Å². The molecule has 0 aromatic heterocycles. The number of nitrogens with one attached hydrogen (secondary N) is 1. The SMILES string of the molecule is CCC(NC1CCC(C)C1C)c1cccc([N+](=O)[O-])c1. The monoisotopic (exact) mass is 276 g/mol. The van der Waals surface area contributed by atoms with E-state index in [1.807, 2.05) is 6.07 Å². The van der Waals surface area contributed by atoms with Crippen molar-refractivity contribution < 1.29 is 4.92 Å². The number of non-ortho nitro benzene ring substituents is 1. The number of rotatable bonds is 5. The lowest BCUT2D eigenvalue weighted by Gasteiger charge is -2.26. The zero-order chi connectivity index (χ0) is 14.7. The molecule has 4 unspecified atom stereocenters. The second-order valence-corrected chi connectivity index (χ2v) is 6.00. The summed E-state index contributed by atoms with van der Waals surface area (Å²) in [5, 5.41) is 14.6. The minimum atomic E-state index is -0.323. The third kappa shape index (κ3) is 3.18. The Hall–Kier alpha value is -1.42. The molecule has 4 heteroatoms. The fourth-order valence-corrected chi connectivity index (χ4v) is 3.16. The molecular weight excluding hydrogens is 252 g/mol. The fourth-order valence-electron chi connectivity index (χ4n) is 3.16. The highest BCUT2D eigenvalue weighted by Gasteiger charge is 2.31. The van der Waals surface area contributed by atoms with Crippen LogP contribution in [0.25, 0.3) is 0 Å². The molecular formula is C16H24N2O2. The smallest absolute Gasteiger partial charge is 0.269 e. The second kappa shape index (κ2) is 6.35. The fraction of sp³-hybridized carbons (Fsp3) is 0.625. The van der Waals surface area contributed by atoms with E-state index in [9.17, 15) is 10.1 Å². The Morgan fingerprint density at radius 2 is 2.15 bits per heavy atom. The minimum absolute atomic E-state index is 0.176. The Kier molecular flexibility index (Phi) is 4.76. The van der Waals surface area contributed by atoms with Crippen molar-refractivity contribution in [3.05, 3.63) is 39.9 Å². The lowest BCUT2D eigenvalue weighted by atomic mass is 9.95. The van der Waals surface area contributed by atoms with Gasteiger partial charge in [0.2, 0.25) is 0 Å². The van der Waals surface area contributed by atoms with Crippen molar-refractivity contribution in [2.24, 2.45) is 11.8 Å². The average molecular weight is 276 g/mol. The molecule has 0 spiro atoms. The molecule has 1 aromatic rings. The molecule has 1 aliphatic rings. The summed E-state index contributed by atoms with van der Waals surface area (Å²) in [6.07, 6.45) is 3.41. The van der Waals surface area contributed by atoms with Gasteiger partial charge in [0.1, 0.15) is 0 Å². The summed E-state index contributed by atoms with van der Waals surface area (Å²) in [5.74, 6) is 1.43. The predicted octanol–water partition coefficient (Wildman–Crippen LogP) is 4.07. The third-order valence-electron chi connectivity index (χ3n) is 4.77. The Morgan fingerprint density at radius 3 is 2.70 bits per heavy atom. The van der Waals surface area contributed by atoms with E-state index in [0.29, 0.717) is 12.0 Å². The van der Waals surface area contributed by atoms with E-state index in [2.05, 4.69) is 26.1 Å². The van der Waals surface area contributed by atoms with Crippen molar-refractivity contribution >= 4 is 5.69 Å². The first kappa shape index (κ1) is 15.0. The van der Waals surface area contributed by atoms with E-state index in [1.54, 1.807) is 18.2 Å². The van der Waals surface area contributed by atoms with Gasteiger partial charge in [-0.15, -0.1) is 0 Å². The van der Waals surface area contributed by atoms with E-state index in [0.717, 1.165) is 17.9 Å². The molecule has 0 saturated heterocycles. The first-order chi connectivity index (χ1) is 9.52. The first-order valence-electron chi connectivity index (χ1n) is 7.53. The van der Waals surface area contributed by atoms with Crippen molar-refractivity contribution in [2.75, 3.05) is 0 Å². The number of nitrogens with zero attached hydrogens (tertiary/aromatic N) is 1. The molecule has 0 aliphatic heterocycles. The lowest BCUT2D eigenvalue weighted by molar-refractivity contribution is -0.384. The summed E-state index contributed by atoms with van der Waals surface area (Å²) >= 11 is 0. The zero-order valence-electron chi connectivity index (χ0n) is 12.5. The van der Waals surface area contributed by atoms with Crippen molar-refractivity contribution in [1.29, 1.82) is 0 Å². The summed E-state index contributed by atoms with van der Waals surface area (Å²) in [5.41, 5.74) is 1.20. The van der Waals surface area contributed by atoms with Crippen LogP contribution in [0.3, 0.4) is 0 Å². The zero-order valence-corrected chi connectivity index (χ0v) is 12.5. The van der Waals surface area contributed by atoms with Gasteiger partial charge in [0.25, 0.3) is 5.69 Å². The van der Waals surface area contributed by atoms with Gasteiger partial charge in [0.05, 0.1) is 4.92 Å². The molecule has 0 bridgehead atoms. The molecule has 0 amide bonds. The third-order valence-corrected chi connectivity index (χ3v) is 4.77. The van der Waals surface area contributed by atoms with Gasteiger partial charge in [-0.05, 0) is 36.7 Å². The van der Waals surface area contributed by atoms with E-state index in [1.165, 1.54) is 12.8 Å². The summed E-state index contributed by atoms with van der Waals surface area (Å²) in [6, 6.07) is 7.73. The maximum absolute atomic E-state index is 10.9. The topological polar surface area (TPSA) is 55.2 Å². The van der Waals surface area contributed by atoms with Gasteiger partial charge in [-0.25, -0.2) is 0 Å². The number of nitro benzene ring substituents is 1. The number of hydrogen-bond donors (Lipinski definition) is 1. The summed E-state index contributed by atoms with van der Waals surface area (Å²) in [4.78, 5) is 10.6. The Labute approximate surface area is 120 Å². The lowest BCUT2D eigenvalue weighted by Crippen LogP contribution is -2.35. The molecule has 1 aromatic carbocycles. The van der Waals surface area contributed by atoms with E-state index in [-0.39, 0.29) is 16.7 Å². The standard InChI is InChI=1S/C16H24N2O2/c1-4-15(17-16-9-8-11(2)12(16)3)13-6-5-7-14(10-13)18(19)20/h5-7,10-12,15-17H,4,8-9H2,1-3H3. The van der Waals surface area contributed by atoms with Gasteiger partial charge in [-0.2, -0.15) is 0 Å². The first-order valence-corrected chi connectivity index (χ1v) is 7.53. The largest absolute Gasteiger partial charge is 0.307 e. The molecule has 20 heavy (non-hydrogen) atoms. The maximum Gasteiger partial charge on any atom is 0.269 e. The minimum Gasteiger partial charge on any atom is -0.307 e. The van der Waals surface area contributed by atoms with Crippen LogP contribution < -0.4 is 5.32 Å². The summed E-state index contributed by atoms with van der Waals surface area (Å²) in [6.45, 7) is 6.73. The molecule has 1 aliphatic carbocycles. The molecule has 0 heterocycles. The molecule has 0 radical (unpaired) electrons. The van der Waals surface area contributed by atoms with Crippen LogP contribution in [0.1, 0.15) is 51.6 Å².